The minimum atomic E-state index is -0.530. The molecule has 32 heavy (non-hydrogen) atoms. The van der Waals surface area contributed by atoms with E-state index in [0.29, 0.717) is 24.3 Å². The predicted octanol–water partition coefficient (Wildman–Crippen LogP) is 3.34. The molecule has 5 rings (SSSR count). The van der Waals surface area contributed by atoms with Crippen LogP contribution in [-0.4, -0.2) is 31.9 Å². The van der Waals surface area contributed by atoms with E-state index in [0.717, 1.165) is 24.0 Å². The summed E-state index contributed by atoms with van der Waals surface area (Å²) in [4.78, 5) is 48.2. The van der Waals surface area contributed by atoms with Gasteiger partial charge in [-0.2, -0.15) is 0 Å². The number of aryl methyl sites for hydroxylation is 1. The maximum absolute atomic E-state index is 13.7. The zero-order valence-corrected chi connectivity index (χ0v) is 18.4. The Morgan fingerprint density at radius 2 is 2.03 bits per heavy atom. The number of fused-ring (bicyclic) bond motifs is 2. The first-order chi connectivity index (χ1) is 15.6. The van der Waals surface area contributed by atoms with Crippen LogP contribution in [0.25, 0.3) is 11.0 Å². The highest BCUT2D eigenvalue weighted by Gasteiger charge is 2.33. The molecule has 8 heteroatoms. The molecule has 1 aromatic carbocycles. The van der Waals surface area contributed by atoms with Crippen molar-refractivity contribution in [3.8, 4) is 0 Å². The van der Waals surface area contributed by atoms with Gasteiger partial charge in [-0.1, -0.05) is 37.3 Å². The van der Waals surface area contributed by atoms with Crippen LogP contribution in [0.2, 0.25) is 0 Å². The van der Waals surface area contributed by atoms with Crippen molar-refractivity contribution in [2.75, 3.05) is 6.54 Å². The molecule has 0 fully saturated rings. The monoisotopic (exact) mass is 446 g/mol. The molecule has 0 saturated heterocycles. The zero-order valence-electron chi connectivity index (χ0n) is 17.6. The van der Waals surface area contributed by atoms with Crippen LogP contribution in [0.4, 0.5) is 0 Å². The molecule has 1 amide bonds. The highest BCUT2D eigenvalue weighted by atomic mass is 32.1. The van der Waals surface area contributed by atoms with Crippen LogP contribution in [0.3, 0.4) is 0 Å². The molecule has 0 aliphatic carbocycles. The van der Waals surface area contributed by atoms with E-state index in [2.05, 4.69) is 21.4 Å². The molecular weight excluding hydrogens is 424 g/mol. The van der Waals surface area contributed by atoms with Gasteiger partial charge in [-0.3, -0.25) is 19.1 Å². The molecule has 4 aromatic rings. The first-order valence-corrected chi connectivity index (χ1v) is 11.5. The molecule has 1 N–H and O–H groups in total. The third-order valence-electron chi connectivity index (χ3n) is 5.87. The Balaban J connectivity index is 1.60. The Bertz CT molecular complexity index is 1420. The molecule has 0 unspecified atom stereocenters. The standard InChI is InChI=1S/C24H22N4O3S/c1-2-10-28-21-18(22(29)26-24(28)31)13-16(14-25-21)23(30)27-11-8-19-17(9-12-32-19)20(27)15-6-4-3-5-7-15/h3-7,9,12-14,20H,2,8,10-11H2,1H3,(H,26,29,31)/t20-/m0/s1. The normalized spacial score (nSPS) is 15.7. The molecule has 162 valence electrons. The first kappa shape index (κ1) is 20.4. The van der Waals surface area contributed by atoms with E-state index in [1.165, 1.54) is 15.6 Å². The van der Waals surface area contributed by atoms with Gasteiger partial charge in [-0.15, -0.1) is 11.3 Å². The highest BCUT2D eigenvalue weighted by molar-refractivity contribution is 7.10. The quantitative estimate of drug-likeness (QED) is 0.521. The summed E-state index contributed by atoms with van der Waals surface area (Å²) in [7, 11) is 0. The van der Waals surface area contributed by atoms with Gasteiger partial charge in [-0.25, -0.2) is 9.78 Å². The first-order valence-electron chi connectivity index (χ1n) is 10.6. The van der Waals surface area contributed by atoms with Crippen LogP contribution in [-0.2, 0) is 13.0 Å². The van der Waals surface area contributed by atoms with Crippen LogP contribution >= 0.6 is 11.3 Å². The number of benzene rings is 1. The smallest absolute Gasteiger partial charge is 0.327 e. The van der Waals surface area contributed by atoms with Gasteiger partial charge >= 0.3 is 5.69 Å². The Morgan fingerprint density at radius 1 is 1.22 bits per heavy atom. The van der Waals surface area contributed by atoms with Gasteiger partial charge in [0, 0.05) is 24.2 Å². The molecule has 1 aliphatic heterocycles. The number of carbonyl (C=O) groups is 1. The lowest BCUT2D eigenvalue weighted by molar-refractivity contribution is 0.0696. The van der Waals surface area contributed by atoms with Crippen molar-refractivity contribution in [2.24, 2.45) is 0 Å². The third kappa shape index (κ3) is 3.36. The molecule has 7 nitrogen and oxygen atoms in total. The average molecular weight is 447 g/mol. The van der Waals surface area contributed by atoms with Crippen LogP contribution in [0.1, 0.15) is 45.7 Å². The van der Waals surface area contributed by atoms with E-state index < -0.39 is 11.2 Å². The summed E-state index contributed by atoms with van der Waals surface area (Å²) < 4.78 is 1.44. The van der Waals surface area contributed by atoms with Crippen molar-refractivity contribution in [1.29, 1.82) is 0 Å². The lowest BCUT2D eigenvalue weighted by Crippen LogP contribution is -2.40. The molecular formula is C24H22N4O3S. The average Bonchev–Trinajstić information content (AvgIpc) is 3.30. The van der Waals surface area contributed by atoms with Crippen LogP contribution in [0.5, 0.6) is 0 Å². The maximum Gasteiger partial charge on any atom is 0.329 e. The van der Waals surface area contributed by atoms with Crippen molar-refractivity contribution in [1.82, 2.24) is 19.4 Å². The van der Waals surface area contributed by atoms with Gasteiger partial charge in [0.2, 0.25) is 0 Å². The number of carbonyl (C=O) groups excluding carboxylic acids is 1. The van der Waals surface area contributed by atoms with Gasteiger partial charge in [0.25, 0.3) is 11.5 Å². The summed E-state index contributed by atoms with van der Waals surface area (Å²) in [6.45, 7) is 2.96. The Kier molecular flexibility index (Phi) is 5.22. The largest absolute Gasteiger partial charge is 0.329 e. The van der Waals surface area contributed by atoms with Gasteiger partial charge < -0.3 is 4.90 Å². The zero-order chi connectivity index (χ0) is 22.2. The number of amides is 1. The molecule has 0 saturated carbocycles. The summed E-state index contributed by atoms with van der Waals surface area (Å²) in [5.74, 6) is -0.183. The Hall–Kier alpha value is -3.52. The number of aromatic nitrogens is 3. The van der Waals surface area contributed by atoms with Gasteiger partial charge in [-0.05, 0) is 41.5 Å². The van der Waals surface area contributed by atoms with E-state index in [1.807, 2.05) is 42.2 Å². The van der Waals surface area contributed by atoms with Gasteiger partial charge in [0.05, 0.1) is 17.0 Å². The van der Waals surface area contributed by atoms with Crippen molar-refractivity contribution in [2.45, 2.75) is 32.4 Å². The van der Waals surface area contributed by atoms with Gasteiger partial charge in [0.15, 0.2) is 0 Å². The molecule has 4 heterocycles. The second kappa shape index (κ2) is 8.20. The van der Waals surface area contributed by atoms with Crippen molar-refractivity contribution >= 4 is 28.3 Å². The molecule has 1 atom stereocenters. The summed E-state index contributed by atoms with van der Waals surface area (Å²) in [6.07, 6.45) is 2.99. The summed E-state index contributed by atoms with van der Waals surface area (Å²) >= 11 is 1.72. The van der Waals surface area contributed by atoms with Gasteiger partial charge in [0.1, 0.15) is 5.65 Å². The fraction of sp³-hybridized carbons (Fsp3) is 0.250. The second-order valence-electron chi connectivity index (χ2n) is 7.87. The number of hydrogen-bond acceptors (Lipinski definition) is 5. The molecule has 0 spiro atoms. The number of pyridine rings is 1. The van der Waals surface area contributed by atoms with Crippen LogP contribution < -0.4 is 11.2 Å². The third-order valence-corrected chi connectivity index (χ3v) is 6.87. The Labute approximate surface area is 188 Å². The van der Waals surface area contributed by atoms with Crippen molar-refractivity contribution in [3.05, 3.63) is 96.4 Å². The minimum Gasteiger partial charge on any atom is -0.327 e. The maximum atomic E-state index is 13.7. The SMILES string of the molecule is CCCn1c(=O)[nH]c(=O)c2cc(C(=O)N3CCc4sccc4[C@@H]3c3ccccc3)cnc21. The fourth-order valence-corrected chi connectivity index (χ4v) is 5.32. The number of H-pyrrole nitrogens is 1. The van der Waals surface area contributed by atoms with Crippen LogP contribution in [0.15, 0.2) is 63.6 Å². The summed E-state index contributed by atoms with van der Waals surface area (Å²) in [5, 5.41) is 2.31. The molecule has 3 aromatic heterocycles. The molecule has 0 bridgehead atoms. The molecule has 1 aliphatic rings. The highest BCUT2D eigenvalue weighted by Crippen LogP contribution is 2.38. The number of hydrogen-bond donors (Lipinski definition) is 1. The van der Waals surface area contributed by atoms with E-state index in [9.17, 15) is 14.4 Å². The van der Waals surface area contributed by atoms with E-state index in [1.54, 1.807) is 17.4 Å². The van der Waals surface area contributed by atoms with Crippen molar-refractivity contribution < 1.29 is 4.79 Å². The molecule has 0 radical (unpaired) electrons. The Morgan fingerprint density at radius 3 is 2.81 bits per heavy atom. The number of thiophene rings is 1. The lowest BCUT2D eigenvalue weighted by atomic mass is 9.92. The topological polar surface area (TPSA) is 88.1 Å². The summed E-state index contributed by atoms with van der Waals surface area (Å²) in [5.41, 5.74) is 1.81. The number of nitrogens with zero attached hydrogens (tertiary/aromatic N) is 3. The number of aromatic amines is 1. The minimum absolute atomic E-state index is 0.183. The summed E-state index contributed by atoms with van der Waals surface area (Å²) in [6, 6.07) is 13.4. The predicted molar refractivity (Wildman–Crippen MR) is 124 cm³/mol. The van der Waals surface area contributed by atoms with E-state index >= 15 is 0 Å². The number of nitrogens with one attached hydrogen (secondary N) is 1. The van der Waals surface area contributed by atoms with Crippen LogP contribution in [0, 0.1) is 0 Å². The fourth-order valence-electron chi connectivity index (χ4n) is 4.41. The second-order valence-corrected chi connectivity index (χ2v) is 8.87. The van der Waals surface area contributed by atoms with Crippen molar-refractivity contribution in [3.63, 3.8) is 0 Å². The number of rotatable bonds is 4. The van der Waals surface area contributed by atoms with E-state index in [-0.39, 0.29) is 17.3 Å². The van der Waals surface area contributed by atoms with E-state index in [4.69, 9.17) is 0 Å². The lowest BCUT2D eigenvalue weighted by Gasteiger charge is -2.36.